The van der Waals surface area contributed by atoms with E-state index in [0.717, 1.165) is 6.42 Å². The van der Waals surface area contributed by atoms with Gasteiger partial charge in [-0.2, -0.15) is 0 Å². The third-order valence-corrected chi connectivity index (χ3v) is 4.30. The number of aryl methyl sites for hydroxylation is 2. The van der Waals surface area contributed by atoms with E-state index in [4.69, 9.17) is 4.74 Å². The van der Waals surface area contributed by atoms with E-state index in [-0.39, 0.29) is 17.5 Å². The summed E-state index contributed by atoms with van der Waals surface area (Å²) in [6.07, 6.45) is 1.26. The predicted molar refractivity (Wildman–Crippen MR) is 93.5 cm³/mol. The van der Waals surface area contributed by atoms with Crippen LogP contribution in [-0.2, 0) is 14.9 Å². The van der Waals surface area contributed by atoms with Crippen molar-refractivity contribution in [1.29, 1.82) is 0 Å². The third-order valence-electron chi connectivity index (χ3n) is 4.30. The normalized spacial score (nSPS) is 13.3. The molecule has 22 heavy (non-hydrogen) atoms. The van der Waals surface area contributed by atoms with E-state index < -0.39 is 0 Å². The van der Waals surface area contributed by atoms with Gasteiger partial charge in [-0.05, 0) is 49.8 Å². The van der Waals surface area contributed by atoms with E-state index in [0.29, 0.717) is 12.3 Å². The van der Waals surface area contributed by atoms with Crippen molar-refractivity contribution in [3.05, 3.63) is 34.4 Å². The highest BCUT2D eigenvalue weighted by Gasteiger charge is 2.30. The zero-order chi connectivity index (χ0) is 17.1. The molecule has 0 N–H and O–H groups in total. The van der Waals surface area contributed by atoms with Gasteiger partial charge in [-0.25, -0.2) is 0 Å². The molecule has 1 unspecified atom stereocenters. The molecule has 1 rings (SSSR count). The van der Waals surface area contributed by atoms with E-state index in [1.54, 1.807) is 0 Å². The molecule has 0 aliphatic carbocycles. The molecule has 0 aliphatic rings. The molecule has 0 radical (unpaired) electrons. The molecular formula is C20H32O2. The molecule has 0 saturated heterocycles. The van der Waals surface area contributed by atoms with Gasteiger partial charge in [0.2, 0.25) is 0 Å². The Morgan fingerprint density at radius 1 is 1.18 bits per heavy atom. The Bertz CT molecular complexity index is 527. The molecule has 0 aliphatic heterocycles. The van der Waals surface area contributed by atoms with Crippen molar-refractivity contribution < 1.29 is 9.53 Å². The molecule has 1 aromatic carbocycles. The van der Waals surface area contributed by atoms with Gasteiger partial charge < -0.3 is 4.74 Å². The number of hydrogen-bond acceptors (Lipinski definition) is 2. The van der Waals surface area contributed by atoms with E-state index in [9.17, 15) is 4.79 Å². The summed E-state index contributed by atoms with van der Waals surface area (Å²) in [7, 11) is 0. The first-order valence-electron chi connectivity index (χ1n) is 8.39. The van der Waals surface area contributed by atoms with Gasteiger partial charge >= 0.3 is 5.97 Å². The zero-order valence-corrected chi connectivity index (χ0v) is 15.5. The lowest BCUT2D eigenvalue weighted by Gasteiger charge is -2.31. The second-order valence-corrected chi connectivity index (χ2v) is 7.47. The predicted octanol–water partition coefficient (Wildman–Crippen LogP) is 5.44. The molecule has 0 bridgehead atoms. The first-order valence-corrected chi connectivity index (χ1v) is 8.39. The van der Waals surface area contributed by atoms with E-state index >= 15 is 0 Å². The summed E-state index contributed by atoms with van der Waals surface area (Å²) in [4.78, 5) is 12.2. The van der Waals surface area contributed by atoms with Gasteiger partial charge in [0, 0.05) is 5.41 Å². The van der Waals surface area contributed by atoms with Crippen LogP contribution in [0, 0.1) is 13.8 Å². The molecule has 0 heterocycles. The summed E-state index contributed by atoms with van der Waals surface area (Å²) in [5, 5.41) is 0. The van der Waals surface area contributed by atoms with Crippen LogP contribution >= 0.6 is 0 Å². The van der Waals surface area contributed by atoms with Gasteiger partial charge in [-0.1, -0.05) is 52.3 Å². The standard InChI is InChI=1S/C20H32O2/c1-9-16(6)22-18(21)12-20(7,8)19-15(5)10-14(4)11-17(19)13(2)3/h10-11,13,16H,9,12H2,1-8H3. The lowest BCUT2D eigenvalue weighted by atomic mass is 9.74. The fourth-order valence-electron chi connectivity index (χ4n) is 3.18. The maximum atomic E-state index is 12.2. The quantitative estimate of drug-likeness (QED) is 0.654. The van der Waals surface area contributed by atoms with Gasteiger partial charge in [0.05, 0.1) is 12.5 Å². The Kier molecular flexibility index (Phi) is 6.22. The molecule has 0 amide bonds. The summed E-state index contributed by atoms with van der Waals surface area (Å²) in [6, 6.07) is 4.47. The SMILES string of the molecule is CCC(C)OC(=O)CC(C)(C)c1c(C)cc(C)cc1C(C)C. The molecule has 0 fully saturated rings. The second-order valence-electron chi connectivity index (χ2n) is 7.47. The Labute approximate surface area is 136 Å². The molecular weight excluding hydrogens is 272 g/mol. The minimum atomic E-state index is -0.220. The number of hydrogen-bond donors (Lipinski definition) is 0. The highest BCUT2D eigenvalue weighted by Crippen LogP contribution is 2.37. The lowest BCUT2D eigenvalue weighted by molar-refractivity contribution is -0.149. The Morgan fingerprint density at radius 3 is 2.27 bits per heavy atom. The third kappa shape index (κ3) is 4.59. The summed E-state index contributed by atoms with van der Waals surface area (Å²) < 4.78 is 5.48. The fourth-order valence-corrected chi connectivity index (χ4v) is 3.18. The summed E-state index contributed by atoms with van der Waals surface area (Å²) >= 11 is 0. The Morgan fingerprint density at radius 2 is 1.77 bits per heavy atom. The van der Waals surface area contributed by atoms with Gasteiger partial charge in [0.1, 0.15) is 0 Å². The van der Waals surface area contributed by atoms with Crippen molar-refractivity contribution in [3.63, 3.8) is 0 Å². The summed E-state index contributed by atoms with van der Waals surface area (Å²) in [6.45, 7) is 17.0. The first-order chi connectivity index (χ1) is 10.1. The topological polar surface area (TPSA) is 26.3 Å². The number of benzene rings is 1. The fraction of sp³-hybridized carbons (Fsp3) is 0.650. The average molecular weight is 304 g/mol. The molecule has 0 aromatic heterocycles. The van der Waals surface area contributed by atoms with Crippen LogP contribution in [0.25, 0.3) is 0 Å². The van der Waals surface area contributed by atoms with Crippen LogP contribution in [0.15, 0.2) is 12.1 Å². The number of carbonyl (C=O) groups is 1. The van der Waals surface area contributed by atoms with Gasteiger partial charge in [0.25, 0.3) is 0 Å². The van der Waals surface area contributed by atoms with Gasteiger partial charge in [-0.3, -0.25) is 4.79 Å². The Balaban J connectivity index is 3.14. The number of carbonyl (C=O) groups excluding carboxylic acids is 1. The summed E-state index contributed by atoms with van der Waals surface area (Å²) in [5.41, 5.74) is 4.98. The number of esters is 1. The van der Waals surface area contributed by atoms with Crippen LogP contribution in [0.5, 0.6) is 0 Å². The highest BCUT2D eigenvalue weighted by atomic mass is 16.5. The number of ether oxygens (including phenoxy) is 1. The monoisotopic (exact) mass is 304 g/mol. The van der Waals surface area contributed by atoms with Crippen LogP contribution in [0.3, 0.4) is 0 Å². The van der Waals surface area contributed by atoms with Crippen LogP contribution in [0.4, 0.5) is 0 Å². The maximum Gasteiger partial charge on any atom is 0.306 e. The van der Waals surface area contributed by atoms with Crippen LogP contribution in [-0.4, -0.2) is 12.1 Å². The molecule has 1 aromatic rings. The minimum Gasteiger partial charge on any atom is -0.463 e. The van der Waals surface area contributed by atoms with Crippen molar-refractivity contribution in [2.45, 2.75) is 85.7 Å². The van der Waals surface area contributed by atoms with Crippen molar-refractivity contribution in [3.8, 4) is 0 Å². The molecule has 124 valence electrons. The minimum absolute atomic E-state index is 0.00742. The average Bonchev–Trinajstić information content (AvgIpc) is 2.35. The van der Waals surface area contributed by atoms with E-state index in [1.807, 2.05) is 13.8 Å². The van der Waals surface area contributed by atoms with Crippen LogP contribution < -0.4 is 0 Å². The van der Waals surface area contributed by atoms with Crippen molar-refractivity contribution in [2.75, 3.05) is 0 Å². The van der Waals surface area contributed by atoms with Crippen LogP contribution in [0.2, 0.25) is 0 Å². The second kappa shape index (κ2) is 7.30. The van der Waals surface area contributed by atoms with E-state index in [1.165, 1.54) is 22.3 Å². The smallest absolute Gasteiger partial charge is 0.306 e. The largest absolute Gasteiger partial charge is 0.463 e. The molecule has 2 heteroatoms. The molecule has 0 saturated carbocycles. The van der Waals surface area contributed by atoms with Gasteiger partial charge in [-0.15, -0.1) is 0 Å². The van der Waals surface area contributed by atoms with Crippen molar-refractivity contribution >= 4 is 5.97 Å². The highest BCUT2D eigenvalue weighted by molar-refractivity contribution is 5.72. The van der Waals surface area contributed by atoms with E-state index in [2.05, 4.69) is 53.7 Å². The molecule has 2 nitrogen and oxygen atoms in total. The Hall–Kier alpha value is -1.31. The van der Waals surface area contributed by atoms with Gasteiger partial charge in [0.15, 0.2) is 0 Å². The number of rotatable bonds is 6. The van der Waals surface area contributed by atoms with Crippen molar-refractivity contribution in [2.24, 2.45) is 0 Å². The summed E-state index contributed by atoms with van der Waals surface area (Å²) in [5.74, 6) is 0.340. The maximum absolute atomic E-state index is 12.2. The zero-order valence-electron chi connectivity index (χ0n) is 15.5. The molecule has 0 spiro atoms. The molecule has 1 atom stereocenters. The van der Waals surface area contributed by atoms with Crippen molar-refractivity contribution in [1.82, 2.24) is 0 Å². The first kappa shape index (κ1) is 18.7. The van der Waals surface area contributed by atoms with Crippen LogP contribution in [0.1, 0.15) is 82.6 Å². The lowest BCUT2D eigenvalue weighted by Crippen LogP contribution is -2.27.